The second-order valence-electron chi connectivity index (χ2n) is 6.66. The van der Waals surface area contributed by atoms with Crippen LogP contribution in [0.1, 0.15) is 27.9 Å². The Balaban J connectivity index is 1.64. The first-order valence-corrected chi connectivity index (χ1v) is 8.80. The zero-order valence-corrected chi connectivity index (χ0v) is 14.8. The number of amides is 1. The van der Waals surface area contributed by atoms with Gasteiger partial charge in [0.1, 0.15) is 0 Å². The van der Waals surface area contributed by atoms with Crippen molar-refractivity contribution in [3.63, 3.8) is 0 Å². The minimum atomic E-state index is -0.0138. The highest BCUT2D eigenvalue weighted by atomic mass is 16.2. The zero-order chi connectivity index (χ0) is 18.1. The number of rotatable bonds is 4. The van der Waals surface area contributed by atoms with E-state index in [9.17, 15) is 4.79 Å². The van der Waals surface area contributed by atoms with Crippen molar-refractivity contribution in [3.05, 3.63) is 77.4 Å². The molecule has 2 aliphatic rings. The summed E-state index contributed by atoms with van der Waals surface area (Å²) in [6.45, 7) is 7.55. The zero-order valence-electron chi connectivity index (χ0n) is 14.8. The largest absolute Gasteiger partial charge is 0.355 e. The molecule has 1 N–H and O–H groups in total. The molecule has 0 atom stereocenters. The van der Waals surface area contributed by atoms with Crippen molar-refractivity contribution < 1.29 is 4.79 Å². The van der Waals surface area contributed by atoms with Gasteiger partial charge in [0.2, 0.25) is 0 Å². The summed E-state index contributed by atoms with van der Waals surface area (Å²) >= 11 is 0. The Kier molecular flexibility index (Phi) is 4.17. The van der Waals surface area contributed by atoms with Gasteiger partial charge < -0.3 is 10.2 Å². The molecule has 0 spiro atoms. The third kappa shape index (κ3) is 2.94. The summed E-state index contributed by atoms with van der Waals surface area (Å²) in [4.78, 5) is 19.2. The van der Waals surface area contributed by atoms with Crippen molar-refractivity contribution in [1.29, 1.82) is 0 Å². The number of aliphatic imine (C=N–C) groups is 1. The Morgan fingerprint density at radius 1 is 1.19 bits per heavy atom. The van der Waals surface area contributed by atoms with Crippen LogP contribution >= 0.6 is 0 Å². The van der Waals surface area contributed by atoms with Crippen LogP contribution in [-0.4, -0.2) is 30.1 Å². The Labute approximate surface area is 153 Å². The molecule has 0 radical (unpaired) electrons. The topological polar surface area (TPSA) is 44.7 Å². The predicted octanol–water partition coefficient (Wildman–Crippen LogP) is 4.57. The molecule has 2 aromatic rings. The van der Waals surface area contributed by atoms with Crippen LogP contribution in [0.2, 0.25) is 0 Å². The molecule has 0 fully saturated rings. The smallest absolute Gasteiger partial charge is 0.261 e. The standard InChI is InChI=1S/C22H21N3O/c1-15-8-10-18(11-9-15)24-20-7-3-6-19-16(2)25(22(26)21(19)20)14-17-5-4-12-23-13-17/h3,5-11,13,24H,2,4,12,14H2,1H3. The maximum atomic E-state index is 13.1. The molecule has 0 unspecified atom stereocenters. The summed E-state index contributed by atoms with van der Waals surface area (Å²) < 4.78 is 0. The van der Waals surface area contributed by atoms with Gasteiger partial charge in [-0.1, -0.05) is 42.5 Å². The fourth-order valence-corrected chi connectivity index (χ4v) is 3.34. The van der Waals surface area contributed by atoms with Crippen molar-refractivity contribution in [2.45, 2.75) is 13.3 Å². The van der Waals surface area contributed by atoms with Crippen LogP contribution in [0.3, 0.4) is 0 Å². The third-order valence-corrected chi connectivity index (χ3v) is 4.75. The molecule has 130 valence electrons. The number of carbonyl (C=O) groups excluding carboxylic acids is 1. The van der Waals surface area contributed by atoms with Crippen LogP contribution in [0.4, 0.5) is 11.4 Å². The van der Waals surface area contributed by atoms with Gasteiger partial charge in [0.05, 0.1) is 17.8 Å². The van der Waals surface area contributed by atoms with E-state index >= 15 is 0 Å². The van der Waals surface area contributed by atoms with Crippen LogP contribution < -0.4 is 5.32 Å². The van der Waals surface area contributed by atoms with E-state index in [-0.39, 0.29) is 5.91 Å². The maximum Gasteiger partial charge on any atom is 0.261 e. The number of fused-ring (bicyclic) bond motifs is 1. The summed E-state index contributed by atoms with van der Waals surface area (Å²) in [6, 6.07) is 14.0. The third-order valence-electron chi connectivity index (χ3n) is 4.75. The van der Waals surface area contributed by atoms with E-state index in [4.69, 9.17) is 0 Å². The molecule has 2 aliphatic heterocycles. The molecule has 1 amide bonds. The van der Waals surface area contributed by atoms with Gasteiger partial charge in [-0.05, 0) is 37.1 Å². The fourth-order valence-electron chi connectivity index (χ4n) is 3.34. The minimum absolute atomic E-state index is 0.0138. The lowest BCUT2D eigenvalue weighted by molar-refractivity contribution is 0.0861. The number of nitrogens with zero attached hydrogens (tertiary/aromatic N) is 2. The molecule has 0 aromatic heterocycles. The molecule has 26 heavy (non-hydrogen) atoms. The van der Waals surface area contributed by atoms with Crippen LogP contribution in [0.25, 0.3) is 5.70 Å². The normalized spacial score (nSPS) is 15.9. The molecule has 4 heteroatoms. The van der Waals surface area contributed by atoms with Crippen LogP contribution in [0.5, 0.6) is 0 Å². The molecule has 4 nitrogen and oxygen atoms in total. The van der Waals surface area contributed by atoms with Crippen molar-refractivity contribution in [2.75, 3.05) is 18.4 Å². The van der Waals surface area contributed by atoms with E-state index in [0.29, 0.717) is 12.1 Å². The summed E-state index contributed by atoms with van der Waals surface area (Å²) in [5.74, 6) is -0.0138. The fraction of sp³-hybridized carbons (Fsp3) is 0.182. The maximum absolute atomic E-state index is 13.1. The molecular weight excluding hydrogens is 322 g/mol. The molecule has 0 saturated carbocycles. The lowest BCUT2D eigenvalue weighted by atomic mass is 10.1. The average molecular weight is 343 g/mol. The van der Waals surface area contributed by atoms with Gasteiger partial charge in [-0.15, -0.1) is 0 Å². The summed E-state index contributed by atoms with van der Waals surface area (Å²) in [5, 5.41) is 3.38. The number of dihydropyridines is 1. The lowest BCUT2D eigenvalue weighted by Gasteiger charge is -2.19. The number of hydrogen-bond donors (Lipinski definition) is 1. The summed E-state index contributed by atoms with van der Waals surface area (Å²) in [6.07, 6.45) is 4.92. The predicted molar refractivity (Wildman–Crippen MR) is 107 cm³/mol. The lowest BCUT2D eigenvalue weighted by Crippen LogP contribution is -2.26. The molecule has 4 rings (SSSR count). The Hall–Kier alpha value is -3.14. The summed E-state index contributed by atoms with van der Waals surface area (Å²) in [5.41, 5.74) is 6.36. The van der Waals surface area contributed by atoms with Gasteiger partial charge in [-0.25, -0.2) is 0 Å². The van der Waals surface area contributed by atoms with Gasteiger partial charge in [0.15, 0.2) is 0 Å². The first-order valence-electron chi connectivity index (χ1n) is 8.80. The number of aryl methyl sites for hydroxylation is 1. The second-order valence-corrected chi connectivity index (χ2v) is 6.66. The average Bonchev–Trinajstić information content (AvgIpc) is 2.90. The van der Waals surface area contributed by atoms with E-state index in [0.717, 1.165) is 41.2 Å². The summed E-state index contributed by atoms with van der Waals surface area (Å²) in [7, 11) is 0. The highest BCUT2D eigenvalue weighted by Gasteiger charge is 2.33. The molecule has 0 aliphatic carbocycles. The molecular formula is C22H21N3O. The molecule has 2 heterocycles. The Morgan fingerprint density at radius 3 is 2.73 bits per heavy atom. The van der Waals surface area contributed by atoms with Crippen molar-refractivity contribution >= 4 is 29.2 Å². The number of carbonyl (C=O) groups is 1. The van der Waals surface area contributed by atoms with Gasteiger partial charge >= 0.3 is 0 Å². The molecule has 0 saturated heterocycles. The van der Waals surface area contributed by atoms with E-state index in [1.807, 2.05) is 48.7 Å². The number of hydrogen-bond acceptors (Lipinski definition) is 3. The second kappa shape index (κ2) is 6.64. The Bertz CT molecular complexity index is 938. The van der Waals surface area contributed by atoms with Gasteiger partial charge in [-0.3, -0.25) is 9.79 Å². The quantitative estimate of drug-likeness (QED) is 0.884. The van der Waals surface area contributed by atoms with Crippen molar-refractivity contribution in [2.24, 2.45) is 4.99 Å². The van der Waals surface area contributed by atoms with E-state index < -0.39 is 0 Å². The van der Waals surface area contributed by atoms with Crippen LogP contribution in [-0.2, 0) is 0 Å². The van der Waals surface area contributed by atoms with Crippen LogP contribution in [0.15, 0.2) is 65.7 Å². The number of nitrogens with one attached hydrogen (secondary N) is 1. The van der Waals surface area contributed by atoms with Crippen molar-refractivity contribution in [1.82, 2.24) is 4.90 Å². The van der Waals surface area contributed by atoms with Gasteiger partial charge in [0.25, 0.3) is 5.91 Å². The van der Waals surface area contributed by atoms with Crippen LogP contribution in [0, 0.1) is 6.92 Å². The Morgan fingerprint density at radius 2 is 2.00 bits per heavy atom. The highest BCUT2D eigenvalue weighted by Crippen LogP contribution is 2.37. The van der Waals surface area contributed by atoms with E-state index in [2.05, 4.69) is 29.9 Å². The van der Waals surface area contributed by atoms with E-state index in [1.54, 1.807) is 4.90 Å². The number of benzene rings is 2. The highest BCUT2D eigenvalue weighted by molar-refractivity contribution is 6.13. The molecule has 0 bridgehead atoms. The first kappa shape index (κ1) is 16.3. The number of anilines is 2. The van der Waals surface area contributed by atoms with Gasteiger partial charge in [0, 0.05) is 29.7 Å². The first-order chi connectivity index (χ1) is 12.6. The van der Waals surface area contributed by atoms with Crippen molar-refractivity contribution in [3.8, 4) is 0 Å². The van der Waals surface area contributed by atoms with E-state index in [1.165, 1.54) is 5.56 Å². The molecule has 2 aromatic carbocycles. The minimum Gasteiger partial charge on any atom is -0.355 e. The SMILES string of the molecule is C=C1c2cccc(Nc3ccc(C)cc3)c2C(=O)N1CC1=CCCN=C1. The monoisotopic (exact) mass is 343 g/mol. The van der Waals surface area contributed by atoms with Gasteiger partial charge in [-0.2, -0.15) is 0 Å².